The van der Waals surface area contributed by atoms with Gasteiger partial charge in [-0.2, -0.15) is 0 Å². The highest BCUT2D eigenvalue weighted by Gasteiger charge is 2.19. The van der Waals surface area contributed by atoms with Crippen LogP contribution >= 0.6 is 11.8 Å². The number of amides is 1. The van der Waals surface area contributed by atoms with Crippen LogP contribution in [-0.2, 0) is 4.79 Å². The number of nitrogens with zero attached hydrogens (tertiary/aromatic N) is 1. The Morgan fingerprint density at radius 3 is 2.59 bits per heavy atom. The number of hydrogen-bond donors (Lipinski definition) is 0. The molecule has 1 heterocycles. The van der Waals surface area contributed by atoms with E-state index in [-0.39, 0.29) is 5.91 Å². The monoisotopic (exact) mass is 251 g/mol. The van der Waals surface area contributed by atoms with Gasteiger partial charge in [-0.15, -0.1) is 11.8 Å². The van der Waals surface area contributed by atoms with Crippen LogP contribution in [-0.4, -0.2) is 36.3 Å². The van der Waals surface area contributed by atoms with Gasteiger partial charge in [0.1, 0.15) is 5.75 Å². The van der Waals surface area contributed by atoms with Gasteiger partial charge in [0.15, 0.2) is 0 Å². The van der Waals surface area contributed by atoms with E-state index in [1.54, 1.807) is 11.8 Å². The normalized spacial score (nSPS) is 14.3. The molecular weight excluding hydrogens is 234 g/mol. The molecular formula is C13H17NO2S. The van der Waals surface area contributed by atoms with Crippen LogP contribution in [0.4, 0.5) is 0 Å². The van der Waals surface area contributed by atoms with E-state index in [2.05, 4.69) is 0 Å². The molecule has 92 valence electrons. The Balaban J connectivity index is 1.80. The molecule has 3 nitrogen and oxygen atoms in total. The summed E-state index contributed by atoms with van der Waals surface area (Å²) in [6, 6.07) is 7.89. The van der Waals surface area contributed by atoms with E-state index in [9.17, 15) is 4.79 Å². The molecule has 1 aromatic rings. The number of hydrogen-bond acceptors (Lipinski definition) is 3. The van der Waals surface area contributed by atoms with Crippen LogP contribution in [0.25, 0.3) is 0 Å². The Morgan fingerprint density at radius 1 is 1.35 bits per heavy atom. The molecule has 4 heteroatoms. The summed E-state index contributed by atoms with van der Waals surface area (Å²) in [5, 5.41) is 0. The third-order valence-corrected chi connectivity index (χ3v) is 3.70. The predicted molar refractivity (Wildman–Crippen MR) is 69.5 cm³/mol. The Hall–Kier alpha value is -1.16. The summed E-state index contributed by atoms with van der Waals surface area (Å²) in [6.45, 7) is 4.51. The second-order valence-electron chi connectivity index (χ2n) is 3.93. The third-order valence-electron chi connectivity index (χ3n) is 2.71. The number of ether oxygens (including phenoxy) is 1. The second-order valence-corrected chi connectivity index (χ2v) is 4.98. The Bertz CT molecular complexity index is 374. The topological polar surface area (TPSA) is 29.5 Å². The highest BCUT2D eigenvalue weighted by Crippen LogP contribution is 2.22. The van der Waals surface area contributed by atoms with Crippen molar-refractivity contribution >= 4 is 17.7 Å². The van der Waals surface area contributed by atoms with Gasteiger partial charge >= 0.3 is 0 Å². The van der Waals surface area contributed by atoms with Crippen molar-refractivity contribution in [3.8, 4) is 5.75 Å². The van der Waals surface area contributed by atoms with Crippen molar-refractivity contribution in [2.75, 3.05) is 25.4 Å². The van der Waals surface area contributed by atoms with Crippen molar-refractivity contribution < 1.29 is 9.53 Å². The standard InChI is InChI=1S/C13H17NO2S/c1-2-16-11-4-6-12(7-5-11)17-10-13(15)14-8-3-9-14/h4-7H,2-3,8-10H2,1H3. The lowest BCUT2D eigenvalue weighted by Gasteiger charge is -2.30. The Morgan fingerprint density at radius 2 is 2.06 bits per heavy atom. The molecule has 1 aliphatic heterocycles. The van der Waals surface area contributed by atoms with E-state index < -0.39 is 0 Å². The number of benzene rings is 1. The van der Waals surface area contributed by atoms with E-state index in [0.29, 0.717) is 12.4 Å². The summed E-state index contributed by atoms with van der Waals surface area (Å²) in [5.41, 5.74) is 0. The summed E-state index contributed by atoms with van der Waals surface area (Å²) in [7, 11) is 0. The largest absolute Gasteiger partial charge is 0.494 e. The molecule has 1 saturated heterocycles. The molecule has 0 bridgehead atoms. The average molecular weight is 251 g/mol. The SMILES string of the molecule is CCOc1ccc(SCC(=O)N2CCC2)cc1. The molecule has 1 aliphatic rings. The van der Waals surface area contributed by atoms with E-state index in [1.807, 2.05) is 36.1 Å². The molecule has 0 N–H and O–H groups in total. The minimum atomic E-state index is 0.245. The Kier molecular flexibility index (Phi) is 4.31. The lowest BCUT2D eigenvalue weighted by atomic mass is 10.2. The molecule has 1 amide bonds. The molecule has 0 saturated carbocycles. The van der Waals surface area contributed by atoms with Gasteiger partial charge in [0.2, 0.25) is 5.91 Å². The van der Waals surface area contributed by atoms with Gasteiger partial charge in [-0.05, 0) is 37.6 Å². The minimum Gasteiger partial charge on any atom is -0.494 e. The first-order valence-corrected chi connectivity index (χ1v) is 6.91. The molecule has 0 aromatic heterocycles. The van der Waals surface area contributed by atoms with Crippen molar-refractivity contribution in [3.63, 3.8) is 0 Å². The highest BCUT2D eigenvalue weighted by molar-refractivity contribution is 8.00. The maximum absolute atomic E-state index is 11.6. The molecule has 1 fully saturated rings. The summed E-state index contributed by atoms with van der Waals surface area (Å²) in [4.78, 5) is 14.7. The van der Waals surface area contributed by atoms with Crippen molar-refractivity contribution in [2.24, 2.45) is 0 Å². The molecule has 0 radical (unpaired) electrons. The maximum atomic E-state index is 11.6. The number of rotatable bonds is 5. The summed E-state index contributed by atoms with van der Waals surface area (Å²) < 4.78 is 5.37. The van der Waals surface area contributed by atoms with Gasteiger partial charge in [0, 0.05) is 18.0 Å². The number of carbonyl (C=O) groups is 1. The van der Waals surface area contributed by atoms with Gasteiger partial charge < -0.3 is 9.64 Å². The van der Waals surface area contributed by atoms with Gasteiger partial charge in [0.05, 0.1) is 12.4 Å². The van der Waals surface area contributed by atoms with Crippen molar-refractivity contribution in [1.82, 2.24) is 4.90 Å². The quantitative estimate of drug-likeness (QED) is 0.753. The van der Waals surface area contributed by atoms with Crippen molar-refractivity contribution in [2.45, 2.75) is 18.2 Å². The fraction of sp³-hybridized carbons (Fsp3) is 0.462. The van der Waals surface area contributed by atoms with E-state index in [0.717, 1.165) is 30.2 Å². The van der Waals surface area contributed by atoms with Crippen LogP contribution in [0.3, 0.4) is 0 Å². The first-order chi connectivity index (χ1) is 8.29. The van der Waals surface area contributed by atoms with E-state index >= 15 is 0 Å². The molecule has 0 atom stereocenters. The van der Waals surface area contributed by atoms with Crippen LogP contribution in [0.1, 0.15) is 13.3 Å². The molecule has 0 aliphatic carbocycles. The van der Waals surface area contributed by atoms with Crippen LogP contribution in [0.15, 0.2) is 29.2 Å². The molecule has 1 aromatic carbocycles. The number of likely N-dealkylation sites (tertiary alicyclic amines) is 1. The third kappa shape index (κ3) is 3.40. The summed E-state index contributed by atoms with van der Waals surface area (Å²) >= 11 is 1.59. The zero-order valence-electron chi connectivity index (χ0n) is 10.0. The van der Waals surface area contributed by atoms with Gasteiger partial charge in [-0.25, -0.2) is 0 Å². The predicted octanol–water partition coefficient (Wildman–Crippen LogP) is 2.41. The van der Waals surface area contributed by atoms with Crippen LogP contribution in [0.5, 0.6) is 5.75 Å². The van der Waals surface area contributed by atoms with Gasteiger partial charge in [-0.1, -0.05) is 0 Å². The lowest BCUT2D eigenvalue weighted by molar-refractivity contribution is -0.131. The maximum Gasteiger partial charge on any atom is 0.232 e. The highest BCUT2D eigenvalue weighted by atomic mass is 32.2. The fourth-order valence-electron chi connectivity index (χ4n) is 1.60. The van der Waals surface area contributed by atoms with Crippen LogP contribution < -0.4 is 4.74 Å². The second kappa shape index (κ2) is 5.96. The van der Waals surface area contributed by atoms with Crippen LogP contribution in [0, 0.1) is 0 Å². The lowest BCUT2D eigenvalue weighted by Crippen LogP contribution is -2.42. The molecule has 0 spiro atoms. The fourth-order valence-corrected chi connectivity index (χ4v) is 2.40. The molecule has 17 heavy (non-hydrogen) atoms. The zero-order valence-corrected chi connectivity index (χ0v) is 10.8. The van der Waals surface area contributed by atoms with E-state index in [1.165, 1.54) is 0 Å². The van der Waals surface area contributed by atoms with Crippen molar-refractivity contribution in [3.05, 3.63) is 24.3 Å². The first kappa shape index (κ1) is 12.3. The zero-order chi connectivity index (χ0) is 12.1. The van der Waals surface area contributed by atoms with Crippen LogP contribution in [0.2, 0.25) is 0 Å². The smallest absolute Gasteiger partial charge is 0.232 e. The van der Waals surface area contributed by atoms with Gasteiger partial charge in [0.25, 0.3) is 0 Å². The van der Waals surface area contributed by atoms with Crippen molar-refractivity contribution in [1.29, 1.82) is 0 Å². The number of carbonyl (C=O) groups excluding carboxylic acids is 1. The Labute approximate surface area is 106 Å². The van der Waals surface area contributed by atoms with E-state index in [4.69, 9.17) is 4.74 Å². The summed E-state index contributed by atoms with van der Waals surface area (Å²) in [5.74, 6) is 1.66. The average Bonchev–Trinajstić information content (AvgIpc) is 2.26. The molecule has 2 rings (SSSR count). The summed E-state index contributed by atoms with van der Waals surface area (Å²) in [6.07, 6.45) is 1.15. The molecule has 0 unspecified atom stereocenters. The van der Waals surface area contributed by atoms with Gasteiger partial charge in [-0.3, -0.25) is 4.79 Å². The number of thioether (sulfide) groups is 1. The minimum absolute atomic E-state index is 0.245. The first-order valence-electron chi connectivity index (χ1n) is 5.93.